The van der Waals surface area contributed by atoms with Gasteiger partial charge in [-0.15, -0.1) is 0 Å². The van der Waals surface area contributed by atoms with Gasteiger partial charge in [-0.05, 0) is 30.0 Å². The first kappa shape index (κ1) is 8.10. The van der Waals surface area contributed by atoms with Crippen molar-refractivity contribution in [3.8, 4) is 0 Å². The number of rotatable bonds is 2. The molecule has 0 saturated heterocycles. The van der Waals surface area contributed by atoms with Crippen molar-refractivity contribution in [2.45, 2.75) is 19.3 Å². The van der Waals surface area contributed by atoms with Crippen LogP contribution in [0, 0.1) is 0 Å². The fourth-order valence-corrected chi connectivity index (χ4v) is 1.71. The van der Waals surface area contributed by atoms with Gasteiger partial charge in [0, 0.05) is 11.9 Å². The summed E-state index contributed by atoms with van der Waals surface area (Å²) < 4.78 is 0. The maximum Gasteiger partial charge on any atom is 0.307 e. The van der Waals surface area contributed by atoms with Gasteiger partial charge in [0.25, 0.3) is 0 Å². The second-order valence-electron chi connectivity index (χ2n) is 3.22. The molecule has 1 aromatic heterocycles. The van der Waals surface area contributed by atoms with Crippen molar-refractivity contribution in [1.29, 1.82) is 0 Å². The Morgan fingerprint density at radius 1 is 1.62 bits per heavy atom. The molecule has 0 spiro atoms. The van der Waals surface area contributed by atoms with Gasteiger partial charge in [0.15, 0.2) is 0 Å². The van der Waals surface area contributed by atoms with Gasteiger partial charge in [-0.3, -0.25) is 4.79 Å². The number of hydrogen-bond donors (Lipinski definition) is 2. The molecule has 0 saturated carbocycles. The third-order valence-electron chi connectivity index (χ3n) is 2.30. The van der Waals surface area contributed by atoms with Crippen molar-refractivity contribution in [3.05, 3.63) is 29.1 Å². The number of allylic oxidation sites excluding steroid dienone is 1. The Balaban J connectivity index is 2.32. The standard InChI is InChI=1S/C10H11NO2/c12-10(13)5-7-6-11-9-4-2-1-3-8(7)9/h2,4,6,11H,1,3,5H2,(H,12,13). The maximum atomic E-state index is 10.5. The first-order valence-corrected chi connectivity index (χ1v) is 4.35. The van der Waals surface area contributed by atoms with Crippen LogP contribution in [0.3, 0.4) is 0 Å². The van der Waals surface area contributed by atoms with E-state index in [-0.39, 0.29) is 6.42 Å². The molecule has 3 nitrogen and oxygen atoms in total. The number of hydrogen-bond acceptors (Lipinski definition) is 1. The van der Waals surface area contributed by atoms with Crippen LogP contribution in [0.4, 0.5) is 0 Å². The zero-order chi connectivity index (χ0) is 9.26. The molecular weight excluding hydrogens is 166 g/mol. The minimum atomic E-state index is -0.767. The monoisotopic (exact) mass is 177 g/mol. The molecule has 3 heteroatoms. The van der Waals surface area contributed by atoms with Crippen molar-refractivity contribution in [1.82, 2.24) is 4.98 Å². The molecule has 0 aromatic carbocycles. The number of nitrogens with one attached hydrogen (secondary N) is 1. The van der Waals surface area contributed by atoms with Gasteiger partial charge >= 0.3 is 5.97 Å². The molecule has 0 fully saturated rings. The van der Waals surface area contributed by atoms with Crippen LogP contribution < -0.4 is 0 Å². The zero-order valence-electron chi connectivity index (χ0n) is 7.21. The summed E-state index contributed by atoms with van der Waals surface area (Å²) >= 11 is 0. The number of aromatic nitrogens is 1. The third kappa shape index (κ3) is 1.49. The van der Waals surface area contributed by atoms with E-state index < -0.39 is 5.97 Å². The lowest BCUT2D eigenvalue weighted by molar-refractivity contribution is -0.136. The Labute approximate surface area is 76.1 Å². The summed E-state index contributed by atoms with van der Waals surface area (Å²) in [6.07, 6.45) is 8.01. The van der Waals surface area contributed by atoms with Gasteiger partial charge < -0.3 is 10.1 Å². The van der Waals surface area contributed by atoms with E-state index in [0.29, 0.717) is 0 Å². The molecule has 2 rings (SSSR count). The van der Waals surface area contributed by atoms with Gasteiger partial charge in [0.1, 0.15) is 0 Å². The average Bonchev–Trinajstić information content (AvgIpc) is 2.48. The summed E-state index contributed by atoms with van der Waals surface area (Å²) in [6, 6.07) is 0. The van der Waals surface area contributed by atoms with Gasteiger partial charge in [0.05, 0.1) is 6.42 Å². The van der Waals surface area contributed by atoms with Crippen molar-refractivity contribution in [2.24, 2.45) is 0 Å². The van der Waals surface area contributed by atoms with E-state index in [0.717, 1.165) is 24.1 Å². The van der Waals surface area contributed by atoms with Gasteiger partial charge in [-0.1, -0.05) is 6.08 Å². The third-order valence-corrected chi connectivity index (χ3v) is 2.30. The van der Waals surface area contributed by atoms with E-state index in [4.69, 9.17) is 5.11 Å². The van der Waals surface area contributed by atoms with Crippen LogP contribution in [-0.2, 0) is 17.6 Å². The van der Waals surface area contributed by atoms with Crippen molar-refractivity contribution in [3.63, 3.8) is 0 Å². The normalized spacial score (nSPS) is 14.2. The van der Waals surface area contributed by atoms with Crippen LogP contribution in [0.2, 0.25) is 0 Å². The van der Waals surface area contributed by atoms with Crippen LogP contribution in [0.15, 0.2) is 12.3 Å². The van der Waals surface area contributed by atoms with E-state index in [2.05, 4.69) is 11.1 Å². The van der Waals surface area contributed by atoms with Crippen LogP contribution in [0.1, 0.15) is 23.2 Å². The second kappa shape index (κ2) is 3.09. The van der Waals surface area contributed by atoms with Crippen molar-refractivity contribution >= 4 is 12.0 Å². The minimum absolute atomic E-state index is 0.125. The Kier molecular flexibility index (Phi) is 1.93. The molecule has 13 heavy (non-hydrogen) atoms. The highest BCUT2D eigenvalue weighted by Crippen LogP contribution is 2.22. The zero-order valence-corrected chi connectivity index (χ0v) is 7.21. The summed E-state index contributed by atoms with van der Waals surface area (Å²) in [4.78, 5) is 13.6. The molecule has 0 bridgehead atoms. The van der Waals surface area contributed by atoms with E-state index in [1.165, 1.54) is 5.56 Å². The number of aromatic amines is 1. The van der Waals surface area contributed by atoms with Gasteiger partial charge in [-0.2, -0.15) is 0 Å². The molecule has 0 aliphatic heterocycles. The molecule has 1 aromatic rings. The Morgan fingerprint density at radius 2 is 2.46 bits per heavy atom. The van der Waals surface area contributed by atoms with E-state index in [9.17, 15) is 4.79 Å². The molecule has 0 atom stereocenters. The molecule has 68 valence electrons. The predicted octanol–water partition coefficient (Wildman–Crippen LogP) is 1.60. The summed E-state index contributed by atoms with van der Waals surface area (Å²) in [5.41, 5.74) is 3.17. The fraction of sp³-hybridized carbons (Fsp3) is 0.300. The topological polar surface area (TPSA) is 53.1 Å². The molecular formula is C10H11NO2. The summed E-state index contributed by atoms with van der Waals surface area (Å²) in [7, 11) is 0. The molecule has 1 aliphatic carbocycles. The lowest BCUT2D eigenvalue weighted by Crippen LogP contribution is -2.02. The van der Waals surface area contributed by atoms with Crippen molar-refractivity contribution in [2.75, 3.05) is 0 Å². The molecule has 0 amide bonds. The minimum Gasteiger partial charge on any atom is -0.481 e. The van der Waals surface area contributed by atoms with E-state index in [1.807, 2.05) is 6.08 Å². The Bertz CT molecular complexity index is 363. The van der Waals surface area contributed by atoms with Crippen molar-refractivity contribution < 1.29 is 9.90 Å². The quantitative estimate of drug-likeness (QED) is 0.720. The van der Waals surface area contributed by atoms with Crippen LogP contribution in [-0.4, -0.2) is 16.1 Å². The number of fused-ring (bicyclic) bond motifs is 1. The lowest BCUT2D eigenvalue weighted by atomic mass is 9.99. The number of aliphatic carboxylic acids is 1. The van der Waals surface area contributed by atoms with Crippen LogP contribution >= 0.6 is 0 Å². The largest absolute Gasteiger partial charge is 0.481 e. The van der Waals surface area contributed by atoms with Crippen LogP contribution in [0.5, 0.6) is 0 Å². The number of carboxylic acid groups (broad SMARTS) is 1. The highest BCUT2D eigenvalue weighted by molar-refractivity contribution is 5.72. The highest BCUT2D eigenvalue weighted by Gasteiger charge is 2.13. The number of carbonyl (C=O) groups is 1. The number of H-pyrrole nitrogens is 1. The fourth-order valence-electron chi connectivity index (χ4n) is 1.71. The van der Waals surface area contributed by atoms with Crippen LogP contribution in [0.25, 0.3) is 6.08 Å². The summed E-state index contributed by atoms with van der Waals surface area (Å²) in [5, 5.41) is 8.65. The highest BCUT2D eigenvalue weighted by atomic mass is 16.4. The molecule has 0 unspecified atom stereocenters. The lowest BCUT2D eigenvalue weighted by Gasteiger charge is -2.06. The molecule has 2 N–H and O–H groups in total. The molecule has 0 radical (unpaired) electrons. The van der Waals surface area contributed by atoms with E-state index in [1.54, 1.807) is 6.20 Å². The summed E-state index contributed by atoms with van der Waals surface area (Å²) in [5.74, 6) is -0.767. The Morgan fingerprint density at radius 3 is 3.23 bits per heavy atom. The molecule has 1 aliphatic rings. The predicted molar refractivity (Wildman–Crippen MR) is 49.5 cm³/mol. The first-order chi connectivity index (χ1) is 6.27. The van der Waals surface area contributed by atoms with Gasteiger partial charge in [-0.25, -0.2) is 0 Å². The average molecular weight is 177 g/mol. The molecule has 1 heterocycles. The smallest absolute Gasteiger partial charge is 0.307 e. The second-order valence-corrected chi connectivity index (χ2v) is 3.22. The first-order valence-electron chi connectivity index (χ1n) is 4.35. The number of carboxylic acids is 1. The van der Waals surface area contributed by atoms with Gasteiger partial charge in [0.2, 0.25) is 0 Å². The Hall–Kier alpha value is -1.51. The SMILES string of the molecule is O=C(O)Cc1c[nH]c2c1CCC=C2. The summed E-state index contributed by atoms with van der Waals surface area (Å²) in [6.45, 7) is 0. The maximum absolute atomic E-state index is 10.5. The van der Waals surface area contributed by atoms with E-state index >= 15 is 0 Å².